The van der Waals surface area contributed by atoms with Crippen molar-refractivity contribution in [3.8, 4) is 0 Å². The molecule has 0 radical (unpaired) electrons. The minimum absolute atomic E-state index is 0.837. The second-order valence-electron chi connectivity index (χ2n) is 3.94. The van der Waals surface area contributed by atoms with Crippen molar-refractivity contribution in [1.29, 1.82) is 0 Å². The van der Waals surface area contributed by atoms with Gasteiger partial charge in [0, 0.05) is 4.88 Å². The lowest BCUT2D eigenvalue weighted by Gasteiger charge is -1.95. The lowest BCUT2D eigenvalue weighted by Crippen LogP contribution is -1.90. The Hall–Kier alpha value is -1.68. The molecular weight excluding hydrogens is 230 g/mol. The molecule has 1 N–H and O–H groups in total. The highest BCUT2D eigenvalue weighted by molar-refractivity contribution is 7.15. The van der Waals surface area contributed by atoms with Crippen molar-refractivity contribution in [3.05, 3.63) is 46.0 Å². The molecule has 3 nitrogen and oxygen atoms in total. The van der Waals surface area contributed by atoms with Crippen LogP contribution >= 0.6 is 11.3 Å². The number of anilines is 1. The summed E-state index contributed by atoms with van der Waals surface area (Å²) in [5.41, 5.74) is 6.33. The van der Waals surface area contributed by atoms with E-state index in [0.717, 1.165) is 16.4 Å². The fourth-order valence-electron chi connectivity index (χ4n) is 1.43. The summed E-state index contributed by atoms with van der Waals surface area (Å²) in [6.45, 7) is 6.13. The summed E-state index contributed by atoms with van der Waals surface area (Å²) in [4.78, 5) is 5.57. The van der Waals surface area contributed by atoms with Crippen molar-refractivity contribution >= 4 is 22.7 Å². The number of nitrogens with zero attached hydrogens (tertiary/aromatic N) is 2. The fraction of sp³-hybridized carbons (Fsp3) is 0.231. The van der Waals surface area contributed by atoms with E-state index in [-0.39, 0.29) is 0 Å². The van der Waals surface area contributed by atoms with Gasteiger partial charge in [-0.2, -0.15) is 5.10 Å². The summed E-state index contributed by atoms with van der Waals surface area (Å²) in [6.07, 6.45) is 1.80. The Kier molecular flexibility index (Phi) is 3.54. The Balaban J connectivity index is 2.02. The highest BCUT2D eigenvalue weighted by atomic mass is 32.1. The third-order valence-electron chi connectivity index (χ3n) is 2.44. The molecule has 2 rings (SSSR count). The summed E-state index contributed by atoms with van der Waals surface area (Å²) in [5, 5.41) is 5.02. The zero-order chi connectivity index (χ0) is 12.3. The van der Waals surface area contributed by atoms with Crippen LogP contribution in [0.2, 0.25) is 0 Å². The van der Waals surface area contributed by atoms with Crippen molar-refractivity contribution in [3.63, 3.8) is 0 Å². The number of rotatable bonds is 3. The molecule has 0 unspecified atom stereocenters. The van der Waals surface area contributed by atoms with Crippen LogP contribution in [0, 0.1) is 20.8 Å². The molecule has 0 aliphatic heterocycles. The topological polar surface area (TPSA) is 37.3 Å². The maximum absolute atomic E-state index is 4.35. The summed E-state index contributed by atoms with van der Waals surface area (Å²) >= 11 is 1.62. The highest BCUT2D eigenvalue weighted by Crippen LogP contribution is 2.20. The molecular formula is C13H15N3S. The highest BCUT2D eigenvalue weighted by Gasteiger charge is 2.00. The average Bonchev–Trinajstić information content (AvgIpc) is 2.58. The number of nitrogens with one attached hydrogen (secondary N) is 1. The molecule has 0 aliphatic carbocycles. The van der Waals surface area contributed by atoms with Gasteiger partial charge >= 0.3 is 0 Å². The van der Waals surface area contributed by atoms with Crippen molar-refractivity contribution in [2.45, 2.75) is 20.8 Å². The Morgan fingerprint density at radius 2 is 2.12 bits per heavy atom. The Morgan fingerprint density at radius 3 is 2.76 bits per heavy atom. The lowest BCUT2D eigenvalue weighted by atomic mass is 10.2. The van der Waals surface area contributed by atoms with Gasteiger partial charge in [0.15, 0.2) is 0 Å². The van der Waals surface area contributed by atoms with Crippen LogP contribution in [0.1, 0.15) is 21.7 Å². The van der Waals surface area contributed by atoms with Crippen molar-refractivity contribution in [2.24, 2.45) is 5.10 Å². The molecule has 2 aromatic rings. The lowest BCUT2D eigenvalue weighted by molar-refractivity contribution is 1.20. The largest absolute Gasteiger partial charge is 0.253 e. The second kappa shape index (κ2) is 5.10. The molecule has 1 aromatic carbocycles. The second-order valence-corrected chi connectivity index (χ2v) is 5.15. The number of aromatic nitrogens is 1. The Morgan fingerprint density at radius 1 is 1.29 bits per heavy atom. The standard InChI is InChI=1S/C13H15N3S/c1-9-5-4-6-12(7-9)8-14-16-13-15-10(2)11(3)17-13/h4-8H,1-3H3,(H,15,16)/b14-8-. The van der Waals surface area contributed by atoms with Gasteiger partial charge in [-0.05, 0) is 26.3 Å². The number of hydrazone groups is 1. The van der Waals surface area contributed by atoms with Gasteiger partial charge in [-0.15, -0.1) is 11.3 Å². The third-order valence-corrected chi connectivity index (χ3v) is 3.42. The first-order valence-electron chi connectivity index (χ1n) is 5.45. The number of hydrogen-bond donors (Lipinski definition) is 1. The van der Waals surface area contributed by atoms with E-state index in [1.54, 1.807) is 17.6 Å². The van der Waals surface area contributed by atoms with Gasteiger partial charge in [-0.1, -0.05) is 29.8 Å². The Bertz CT molecular complexity index is 524. The van der Waals surface area contributed by atoms with Gasteiger partial charge in [0.25, 0.3) is 0 Å². The smallest absolute Gasteiger partial charge is 0.203 e. The third kappa shape index (κ3) is 3.14. The molecule has 0 spiro atoms. The number of thiazole rings is 1. The zero-order valence-electron chi connectivity index (χ0n) is 10.2. The number of aryl methyl sites for hydroxylation is 3. The van der Waals surface area contributed by atoms with Gasteiger partial charge in [0.05, 0.1) is 11.9 Å². The molecule has 0 aliphatic rings. The summed E-state index contributed by atoms with van der Waals surface area (Å²) in [6, 6.07) is 8.20. The predicted molar refractivity (Wildman–Crippen MR) is 74.0 cm³/mol. The van der Waals surface area contributed by atoms with Crippen LogP contribution in [0.3, 0.4) is 0 Å². The van der Waals surface area contributed by atoms with Crippen LogP contribution in [0.4, 0.5) is 5.13 Å². The first-order chi connectivity index (χ1) is 8.15. The summed E-state index contributed by atoms with van der Waals surface area (Å²) in [7, 11) is 0. The van der Waals surface area contributed by atoms with Gasteiger partial charge in [0.2, 0.25) is 5.13 Å². The van der Waals surface area contributed by atoms with E-state index in [1.165, 1.54) is 10.4 Å². The molecule has 0 atom stereocenters. The van der Waals surface area contributed by atoms with E-state index in [1.807, 2.05) is 19.1 Å². The Labute approximate surface area is 105 Å². The minimum atomic E-state index is 0.837. The van der Waals surface area contributed by atoms with E-state index in [4.69, 9.17) is 0 Å². The molecule has 88 valence electrons. The maximum atomic E-state index is 4.35. The first kappa shape index (κ1) is 11.8. The van der Waals surface area contributed by atoms with Crippen LogP contribution in [0.25, 0.3) is 0 Å². The number of benzene rings is 1. The molecule has 1 aromatic heterocycles. The molecule has 0 saturated carbocycles. The van der Waals surface area contributed by atoms with Crippen LogP contribution in [0.5, 0.6) is 0 Å². The van der Waals surface area contributed by atoms with Gasteiger partial charge in [-0.25, -0.2) is 4.98 Å². The monoisotopic (exact) mass is 245 g/mol. The number of hydrogen-bond acceptors (Lipinski definition) is 4. The van der Waals surface area contributed by atoms with E-state index in [0.29, 0.717) is 0 Å². The van der Waals surface area contributed by atoms with Crippen LogP contribution in [-0.4, -0.2) is 11.2 Å². The molecule has 0 saturated heterocycles. The zero-order valence-corrected chi connectivity index (χ0v) is 11.0. The SMILES string of the molecule is Cc1cccc(/C=N\Nc2nc(C)c(C)s2)c1. The van der Waals surface area contributed by atoms with Crippen LogP contribution < -0.4 is 5.43 Å². The molecule has 17 heavy (non-hydrogen) atoms. The van der Waals surface area contributed by atoms with E-state index in [9.17, 15) is 0 Å². The van der Waals surface area contributed by atoms with E-state index in [2.05, 4.69) is 41.5 Å². The molecule has 0 fully saturated rings. The average molecular weight is 245 g/mol. The summed E-state index contributed by atoms with van der Waals surface area (Å²) < 4.78 is 0. The van der Waals surface area contributed by atoms with Gasteiger partial charge < -0.3 is 0 Å². The molecule has 0 bridgehead atoms. The molecule has 0 amide bonds. The molecule has 4 heteroatoms. The molecule has 1 heterocycles. The first-order valence-corrected chi connectivity index (χ1v) is 6.26. The summed E-state index contributed by atoms with van der Waals surface area (Å²) in [5.74, 6) is 0. The predicted octanol–water partition coefficient (Wildman–Crippen LogP) is 3.51. The maximum Gasteiger partial charge on any atom is 0.203 e. The quantitative estimate of drug-likeness (QED) is 0.663. The van der Waals surface area contributed by atoms with E-state index < -0.39 is 0 Å². The van der Waals surface area contributed by atoms with Crippen molar-refractivity contribution < 1.29 is 0 Å². The van der Waals surface area contributed by atoms with E-state index >= 15 is 0 Å². The van der Waals surface area contributed by atoms with Crippen molar-refractivity contribution in [1.82, 2.24) is 4.98 Å². The van der Waals surface area contributed by atoms with Crippen molar-refractivity contribution in [2.75, 3.05) is 5.43 Å². The minimum Gasteiger partial charge on any atom is -0.253 e. The fourth-order valence-corrected chi connectivity index (χ4v) is 2.20. The van der Waals surface area contributed by atoms with Crippen LogP contribution in [0.15, 0.2) is 29.4 Å². The van der Waals surface area contributed by atoms with Crippen LogP contribution in [-0.2, 0) is 0 Å². The van der Waals surface area contributed by atoms with Gasteiger partial charge in [-0.3, -0.25) is 5.43 Å². The normalized spacial score (nSPS) is 11.0. The van der Waals surface area contributed by atoms with Gasteiger partial charge in [0.1, 0.15) is 0 Å².